The first-order valence-corrected chi connectivity index (χ1v) is 7.42. The summed E-state index contributed by atoms with van der Waals surface area (Å²) >= 11 is 1.74. The van der Waals surface area contributed by atoms with E-state index in [1.807, 2.05) is 37.3 Å². The molecular weight excluding hydrogens is 270 g/mol. The van der Waals surface area contributed by atoms with Crippen LogP contribution in [0.4, 0.5) is 4.79 Å². The maximum atomic E-state index is 11.8. The molecule has 1 N–H and O–H groups in total. The van der Waals surface area contributed by atoms with Crippen LogP contribution in [0.2, 0.25) is 0 Å². The summed E-state index contributed by atoms with van der Waals surface area (Å²) in [5.41, 5.74) is 2.14. The largest absolute Gasteiger partial charge is 0.445 e. The predicted molar refractivity (Wildman–Crippen MR) is 82.0 cm³/mol. The van der Waals surface area contributed by atoms with Crippen molar-refractivity contribution in [1.29, 1.82) is 0 Å². The van der Waals surface area contributed by atoms with Crippen molar-refractivity contribution in [3.05, 3.63) is 57.3 Å². The van der Waals surface area contributed by atoms with Gasteiger partial charge in [0.05, 0.1) is 6.04 Å². The lowest BCUT2D eigenvalue weighted by Gasteiger charge is -2.14. The molecule has 0 bridgehead atoms. The molecule has 0 aliphatic rings. The fourth-order valence-corrected chi connectivity index (χ4v) is 3.12. The number of carbonyl (C=O) groups excluding carboxylic acids is 1. The van der Waals surface area contributed by atoms with Crippen molar-refractivity contribution in [2.45, 2.75) is 33.4 Å². The molecule has 1 aromatic carbocycles. The summed E-state index contributed by atoms with van der Waals surface area (Å²) < 4.78 is 5.22. The zero-order valence-electron chi connectivity index (χ0n) is 12.0. The minimum Gasteiger partial charge on any atom is -0.445 e. The Kier molecular flexibility index (Phi) is 4.79. The molecule has 4 heteroatoms. The Bertz CT molecular complexity index is 577. The summed E-state index contributed by atoms with van der Waals surface area (Å²) in [5, 5.41) is 2.87. The minimum atomic E-state index is -0.385. The Labute approximate surface area is 123 Å². The van der Waals surface area contributed by atoms with Gasteiger partial charge in [-0.05, 0) is 38.0 Å². The molecule has 1 heterocycles. The zero-order chi connectivity index (χ0) is 14.5. The third-order valence-corrected chi connectivity index (χ3v) is 4.07. The van der Waals surface area contributed by atoms with E-state index >= 15 is 0 Å². The Morgan fingerprint density at radius 2 is 2.00 bits per heavy atom. The van der Waals surface area contributed by atoms with E-state index in [-0.39, 0.29) is 12.1 Å². The first kappa shape index (κ1) is 14.6. The first-order chi connectivity index (χ1) is 9.56. The quantitative estimate of drug-likeness (QED) is 0.908. The molecule has 3 nitrogen and oxygen atoms in total. The second-order valence-corrected chi connectivity index (χ2v) is 6.26. The third kappa shape index (κ3) is 3.84. The molecule has 0 saturated heterocycles. The molecule has 1 aromatic heterocycles. The summed E-state index contributed by atoms with van der Waals surface area (Å²) in [6, 6.07) is 11.7. The lowest BCUT2D eigenvalue weighted by molar-refractivity contribution is 0.136. The second-order valence-electron chi connectivity index (χ2n) is 4.80. The van der Waals surface area contributed by atoms with Gasteiger partial charge in [0.25, 0.3) is 0 Å². The van der Waals surface area contributed by atoms with Gasteiger partial charge in [-0.25, -0.2) is 4.79 Å². The summed E-state index contributed by atoms with van der Waals surface area (Å²) in [7, 11) is 0. The highest BCUT2D eigenvalue weighted by molar-refractivity contribution is 7.12. The number of rotatable bonds is 4. The number of ether oxygens (including phenoxy) is 1. The van der Waals surface area contributed by atoms with Crippen LogP contribution in [0.3, 0.4) is 0 Å². The number of thiophene rings is 1. The van der Waals surface area contributed by atoms with Crippen LogP contribution in [0, 0.1) is 13.8 Å². The maximum absolute atomic E-state index is 11.8. The molecule has 0 saturated carbocycles. The third-order valence-electron chi connectivity index (χ3n) is 3.09. The van der Waals surface area contributed by atoms with E-state index in [4.69, 9.17) is 4.74 Å². The van der Waals surface area contributed by atoms with E-state index in [1.165, 1.54) is 9.75 Å². The number of hydrogen-bond acceptors (Lipinski definition) is 3. The van der Waals surface area contributed by atoms with Crippen LogP contribution in [0.1, 0.15) is 33.8 Å². The van der Waals surface area contributed by atoms with E-state index in [2.05, 4.69) is 25.2 Å². The SMILES string of the molecule is Cc1cc(C(C)NC(=O)OCc2ccccc2)c(C)s1. The first-order valence-electron chi connectivity index (χ1n) is 6.60. The molecule has 0 fully saturated rings. The molecular formula is C16H19NO2S. The van der Waals surface area contributed by atoms with Crippen molar-refractivity contribution in [1.82, 2.24) is 5.32 Å². The number of carbonyl (C=O) groups is 1. The highest BCUT2D eigenvalue weighted by atomic mass is 32.1. The molecule has 1 amide bonds. The van der Waals surface area contributed by atoms with E-state index in [1.54, 1.807) is 11.3 Å². The van der Waals surface area contributed by atoms with Crippen molar-refractivity contribution in [2.24, 2.45) is 0 Å². The normalized spacial score (nSPS) is 11.9. The fourth-order valence-electron chi connectivity index (χ4n) is 2.10. The summed E-state index contributed by atoms with van der Waals surface area (Å²) in [4.78, 5) is 14.3. The van der Waals surface area contributed by atoms with Crippen LogP contribution < -0.4 is 5.32 Å². The van der Waals surface area contributed by atoms with E-state index < -0.39 is 0 Å². The van der Waals surface area contributed by atoms with Gasteiger partial charge in [0.1, 0.15) is 6.61 Å². The highest BCUT2D eigenvalue weighted by Gasteiger charge is 2.14. The molecule has 2 rings (SSSR count). The summed E-state index contributed by atoms with van der Waals surface area (Å²) in [6.07, 6.45) is -0.385. The van der Waals surface area contributed by atoms with Gasteiger partial charge in [-0.2, -0.15) is 0 Å². The zero-order valence-corrected chi connectivity index (χ0v) is 12.8. The molecule has 0 radical (unpaired) electrons. The number of nitrogens with one attached hydrogen (secondary N) is 1. The van der Waals surface area contributed by atoms with Crippen LogP contribution >= 0.6 is 11.3 Å². The minimum absolute atomic E-state index is 0.0387. The van der Waals surface area contributed by atoms with Crippen molar-refractivity contribution in [2.75, 3.05) is 0 Å². The van der Waals surface area contributed by atoms with Crippen LogP contribution in [0.25, 0.3) is 0 Å². The van der Waals surface area contributed by atoms with Crippen molar-refractivity contribution in [3.8, 4) is 0 Å². The predicted octanol–water partition coefficient (Wildman–Crippen LogP) is 4.35. The molecule has 2 aromatic rings. The van der Waals surface area contributed by atoms with Gasteiger partial charge in [-0.15, -0.1) is 11.3 Å². The van der Waals surface area contributed by atoms with Crippen molar-refractivity contribution < 1.29 is 9.53 Å². The Morgan fingerprint density at radius 3 is 2.60 bits per heavy atom. The van der Waals surface area contributed by atoms with E-state index in [0.717, 1.165) is 11.1 Å². The van der Waals surface area contributed by atoms with Gasteiger partial charge in [0, 0.05) is 9.75 Å². The Balaban J connectivity index is 1.87. The Morgan fingerprint density at radius 1 is 1.30 bits per heavy atom. The molecule has 0 aliphatic heterocycles. The van der Waals surface area contributed by atoms with E-state index in [0.29, 0.717) is 6.61 Å². The highest BCUT2D eigenvalue weighted by Crippen LogP contribution is 2.26. The van der Waals surface area contributed by atoms with Gasteiger partial charge in [-0.3, -0.25) is 0 Å². The van der Waals surface area contributed by atoms with Gasteiger partial charge in [-0.1, -0.05) is 30.3 Å². The van der Waals surface area contributed by atoms with Crippen LogP contribution in [0.5, 0.6) is 0 Å². The standard InChI is InChI=1S/C16H19NO2S/c1-11-9-15(13(3)20-11)12(2)17-16(18)19-10-14-7-5-4-6-8-14/h4-9,12H,10H2,1-3H3,(H,17,18). The number of benzene rings is 1. The van der Waals surface area contributed by atoms with Gasteiger partial charge >= 0.3 is 6.09 Å². The maximum Gasteiger partial charge on any atom is 0.407 e. The lowest BCUT2D eigenvalue weighted by atomic mass is 10.1. The average molecular weight is 289 g/mol. The summed E-state index contributed by atoms with van der Waals surface area (Å²) in [5.74, 6) is 0. The average Bonchev–Trinajstić information content (AvgIpc) is 2.77. The van der Waals surface area contributed by atoms with E-state index in [9.17, 15) is 4.79 Å². The van der Waals surface area contributed by atoms with Gasteiger partial charge in [0.15, 0.2) is 0 Å². The lowest BCUT2D eigenvalue weighted by Crippen LogP contribution is -2.27. The second kappa shape index (κ2) is 6.57. The number of amides is 1. The fraction of sp³-hybridized carbons (Fsp3) is 0.312. The van der Waals surface area contributed by atoms with Crippen molar-refractivity contribution >= 4 is 17.4 Å². The number of aryl methyl sites for hydroxylation is 2. The van der Waals surface area contributed by atoms with Gasteiger partial charge in [0.2, 0.25) is 0 Å². The number of alkyl carbamates (subject to hydrolysis) is 1. The molecule has 1 unspecified atom stereocenters. The molecule has 0 spiro atoms. The van der Waals surface area contributed by atoms with Crippen molar-refractivity contribution in [3.63, 3.8) is 0 Å². The molecule has 1 atom stereocenters. The Hall–Kier alpha value is -1.81. The number of hydrogen-bond donors (Lipinski definition) is 1. The monoisotopic (exact) mass is 289 g/mol. The molecule has 0 aliphatic carbocycles. The van der Waals surface area contributed by atoms with Crippen LogP contribution in [0.15, 0.2) is 36.4 Å². The molecule has 20 heavy (non-hydrogen) atoms. The van der Waals surface area contributed by atoms with Crippen LogP contribution in [-0.4, -0.2) is 6.09 Å². The summed E-state index contributed by atoms with van der Waals surface area (Å²) in [6.45, 7) is 6.40. The molecule has 106 valence electrons. The van der Waals surface area contributed by atoms with Crippen LogP contribution in [-0.2, 0) is 11.3 Å². The smallest absolute Gasteiger partial charge is 0.407 e. The van der Waals surface area contributed by atoms with Gasteiger partial charge < -0.3 is 10.1 Å². The topological polar surface area (TPSA) is 38.3 Å².